The van der Waals surface area contributed by atoms with Crippen LogP contribution in [0.3, 0.4) is 0 Å². The Balaban J connectivity index is 2.72. The summed E-state index contributed by atoms with van der Waals surface area (Å²) in [6, 6.07) is 7.63. The zero-order chi connectivity index (χ0) is 15.0. The molecule has 1 aromatic rings. The Morgan fingerprint density at radius 2 is 1.90 bits per heavy atom. The van der Waals surface area contributed by atoms with Crippen LogP contribution in [0.15, 0.2) is 24.3 Å². The Morgan fingerprint density at radius 1 is 1.20 bits per heavy atom. The third-order valence-electron chi connectivity index (χ3n) is 3.97. The van der Waals surface area contributed by atoms with Crippen molar-refractivity contribution in [3.63, 3.8) is 0 Å². The molecule has 2 nitrogen and oxygen atoms in total. The smallest absolute Gasteiger partial charge is 0.127 e. The molecule has 3 heteroatoms. The second kappa shape index (κ2) is 9.09. The lowest BCUT2D eigenvalue weighted by Gasteiger charge is -2.34. The maximum Gasteiger partial charge on any atom is 0.127 e. The summed E-state index contributed by atoms with van der Waals surface area (Å²) in [7, 11) is 2.10. The van der Waals surface area contributed by atoms with Crippen LogP contribution in [0.2, 0.25) is 0 Å². The fourth-order valence-corrected chi connectivity index (χ4v) is 2.58. The lowest BCUT2D eigenvalue weighted by Crippen LogP contribution is -2.41. The van der Waals surface area contributed by atoms with Crippen molar-refractivity contribution in [2.24, 2.45) is 0 Å². The number of benzene rings is 1. The fourth-order valence-electron chi connectivity index (χ4n) is 2.58. The molecule has 0 spiro atoms. The van der Waals surface area contributed by atoms with Gasteiger partial charge in [-0.1, -0.05) is 38.5 Å². The van der Waals surface area contributed by atoms with E-state index in [1.807, 2.05) is 12.1 Å². The van der Waals surface area contributed by atoms with E-state index in [4.69, 9.17) is 0 Å². The fraction of sp³-hybridized carbons (Fsp3) is 0.647. The minimum absolute atomic E-state index is 0.0937. The van der Waals surface area contributed by atoms with Crippen molar-refractivity contribution in [3.05, 3.63) is 35.6 Å². The second-order valence-corrected chi connectivity index (χ2v) is 5.51. The van der Waals surface area contributed by atoms with Gasteiger partial charge in [0.2, 0.25) is 0 Å². The lowest BCUT2D eigenvalue weighted by molar-refractivity contribution is 0.168. The van der Waals surface area contributed by atoms with Crippen LogP contribution >= 0.6 is 0 Å². The van der Waals surface area contributed by atoms with E-state index in [-0.39, 0.29) is 11.9 Å². The molecule has 0 aromatic heterocycles. The van der Waals surface area contributed by atoms with Crippen molar-refractivity contribution < 1.29 is 4.39 Å². The molecular weight excluding hydrogens is 251 g/mol. The van der Waals surface area contributed by atoms with E-state index in [0.717, 1.165) is 37.9 Å². The number of nitrogens with one attached hydrogen (secondary N) is 1. The van der Waals surface area contributed by atoms with E-state index in [2.05, 4.69) is 38.0 Å². The van der Waals surface area contributed by atoms with Crippen LogP contribution in [0.5, 0.6) is 0 Å². The van der Waals surface area contributed by atoms with E-state index < -0.39 is 0 Å². The minimum Gasteiger partial charge on any atom is -0.315 e. The van der Waals surface area contributed by atoms with Crippen molar-refractivity contribution in [2.75, 3.05) is 20.1 Å². The summed E-state index contributed by atoms with van der Waals surface area (Å²) in [5.41, 5.74) is 0.784. The molecule has 0 fully saturated rings. The molecule has 0 bridgehead atoms. The Bertz CT molecular complexity index is 381. The van der Waals surface area contributed by atoms with Gasteiger partial charge in [0.1, 0.15) is 5.82 Å². The molecule has 0 radical (unpaired) electrons. The first-order valence-corrected chi connectivity index (χ1v) is 7.78. The molecule has 1 aromatic carbocycles. The Hall–Kier alpha value is -0.930. The molecule has 1 rings (SSSR count). The normalized spacial score (nSPS) is 14.5. The summed E-state index contributed by atoms with van der Waals surface area (Å²) in [5.74, 6) is -0.108. The SMILES string of the molecule is CCCNCC(CCC)N(C)C(C)c1ccccc1F. The number of hydrogen-bond donors (Lipinski definition) is 1. The number of halogens is 1. The highest BCUT2D eigenvalue weighted by molar-refractivity contribution is 5.20. The van der Waals surface area contributed by atoms with Gasteiger partial charge in [-0.05, 0) is 39.4 Å². The molecule has 0 amide bonds. The van der Waals surface area contributed by atoms with E-state index in [1.54, 1.807) is 12.1 Å². The van der Waals surface area contributed by atoms with E-state index in [0.29, 0.717) is 6.04 Å². The predicted octanol–water partition coefficient (Wildman–Crippen LogP) is 3.99. The third-order valence-corrected chi connectivity index (χ3v) is 3.97. The number of nitrogens with zero attached hydrogens (tertiary/aromatic N) is 1. The van der Waals surface area contributed by atoms with Crippen LogP contribution in [-0.4, -0.2) is 31.1 Å². The molecular formula is C17H29FN2. The van der Waals surface area contributed by atoms with Crippen LogP contribution < -0.4 is 5.32 Å². The Kier molecular flexibility index (Phi) is 7.78. The highest BCUT2D eigenvalue weighted by atomic mass is 19.1. The van der Waals surface area contributed by atoms with E-state index >= 15 is 0 Å². The topological polar surface area (TPSA) is 15.3 Å². The maximum atomic E-state index is 13.9. The third kappa shape index (κ3) is 4.88. The van der Waals surface area contributed by atoms with Gasteiger partial charge in [0.25, 0.3) is 0 Å². The van der Waals surface area contributed by atoms with Gasteiger partial charge in [0.15, 0.2) is 0 Å². The van der Waals surface area contributed by atoms with E-state index in [9.17, 15) is 4.39 Å². The summed E-state index contributed by atoms with van der Waals surface area (Å²) in [4.78, 5) is 2.30. The summed E-state index contributed by atoms with van der Waals surface area (Å²) in [5, 5.41) is 3.49. The van der Waals surface area contributed by atoms with Gasteiger partial charge in [-0.15, -0.1) is 0 Å². The summed E-state index contributed by atoms with van der Waals surface area (Å²) < 4.78 is 13.9. The van der Waals surface area contributed by atoms with Crippen LogP contribution in [0.4, 0.5) is 4.39 Å². The standard InChI is InChI=1S/C17H29FN2/c1-5-9-15(13-19-12-6-2)20(4)14(3)16-10-7-8-11-17(16)18/h7-8,10-11,14-15,19H,5-6,9,12-13H2,1-4H3. The van der Waals surface area contributed by atoms with Crippen molar-refractivity contribution in [1.82, 2.24) is 10.2 Å². The zero-order valence-electron chi connectivity index (χ0n) is 13.3. The van der Waals surface area contributed by atoms with Crippen LogP contribution in [0.1, 0.15) is 51.6 Å². The average Bonchev–Trinajstić information content (AvgIpc) is 2.45. The molecule has 0 aliphatic heterocycles. The first kappa shape index (κ1) is 17.1. The quantitative estimate of drug-likeness (QED) is 0.688. The van der Waals surface area contributed by atoms with Gasteiger partial charge >= 0.3 is 0 Å². The van der Waals surface area contributed by atoms with Crippen LogP contribution in [0, 0.1) is 5.82 Å². The van der Waals surface area contributed by atoms with E-state index in [1.165, 1.54) is 0 Å². The highest BCUT2D eigenvalue weighted by Gasteiger charge is 2.21. The predicted molar refractivity (Wildman–Crippen MR) is 84.4 cm³/mol. The Labute approximate surface area is 123 Å². The van der Waals surface area contributed by atoms with Crippen LogP contribution in [0.25, 0.3) is 0 Å². The second-order valence-electron chi connectivity index (χ2n) is 5.51. The molecule has 114 valence electrons. The molecule has 2 atom stereocenters. The molecule has 0 heterocycles. The molecule has 0 aliphatic rings. The van der Waals surface area contributed by atoms with Crippen molar-refractivity contribution in [2.45, 2.75) is 52.1 Å². The van der Waals surface area contributed by atoms with Gasteiger partial charge < -0.3 is 5.32 Å². The molecule has 2 unspecified atom stereocenters. The minimum atomic E-state index is -0.108. The zero-order valence-corrected chi connectivity index (χ0v) is 13.3. The highest BCUT2D eigenvalue weighted by Crippen LogP contribution is 2.24. The van der Waals surface area contributed by atoms with Gasteiger partial charge in [-0.25, -0.2) is 4.39 Å². The molecule has 0 aliphatic carbocycles. The van der Waals surface area contributed by atoms with Crippen LogP contribution in [-0.2, 0) is 0 Å². The largest absolute Gasteiger partial charge is 0.315 e. The van der Waals surface area contributed by atoms with Crippen molar-refractivity contribution in [1.29, 1.82) is 0 Å². The summed E-state index contributed by atoms with van der Waals surface area (Å²) in [6.45, 7) is 8.47. The first-order valence-electron chi connectivity index (χ1n) is 7.78. The lowest BCUT2D eigenvalue weighted by atomic mass is 10.0. The molecule has 1 N–H and O–H groups in total. The van der Waals surface area contributed by atoms with Gasteiger partial charge in [-0.2, -0.15) is 0 Å². The maximum absolute atomic E-state index is 13.9. The molecule has 0 saturated carbocycles. The Morgan fingerprint density at radius 3 is 2.50 bits per heavy atom. The average molecular weight is 280 g/mol. The number of rotatable bonds is 9. The summed E-state index contributed by atoms with van der Waals surface area (Å²) in [6.07, 6.45) is 3.42. The molecule has 0 saturated heterocycles. The van der Waals surface area contributed by atoms with Gasteiger partial charge in [-0.3, -0.25) is 4.90 Å². The summed E-state index contributed by atoms with van der Waals surface area (Å²) >= 11 is 0. The van der Waals surface area contributed by atoms with Gasteiger partial charge in [0, 0.05) is 24.2 Å². The first-order chi connectivity index (χ1) is 9.61. The van der Waals surface area contributed by atoms with Crippen molar-refractivity contribution in [3.8, 4) is 0 Å². The van der Waals surface area contributed by atoms with Gasteiger partial charge in [0.05, 0.1) is 0 Å². The van der Waals surface area contributed by atoms with Crippen molar-refractivity contribution >= 4 is 0 Å². The monoisotopic (exact) mass is 280 g/mol. The number of hydrogen-bond acceptors (Lipinski definition) is 2. The molecule has 20 heavy (non-hydrogen) atoms. The number of likely N-dealkylation sites (N-methyl/N-ethyl adjacent to an activating group) is 1.